The number of aliphatic hydroxyl groups is 1. The predicted octanol–water partition coefficient (Wildman–Crippen LogP) is 4.22. The van der Waals surface area contributed by atoms with E-state index in [9.17, 15) is 5.11 Å². The van der Waals surface area contributed by atoms with Gasteiger partial charge in [0.15, 0.2) is 11.5 Å². The average Bonchev–Trinajstić information content (AvgIpc) is 2.66. The maximum atomic E-state index is 10.6. The minimum atomic E-state index is -0.793. The monoisotopic (exact) mass is 318 g/mol. The van der Waals surface area contributed by atoms with Gasteiger partial charge in [-0.1, -0.05) is 49.7 Å². The van der Waals surface area contributed by atoms with E-state index in [2.05, 4.69) is 13.8 Å². The van der Waals surface area contributed by atoms with Crippen molar-refractivity contribution in [2.75, 3.05) is 13.2 Å². The lowest BCUT2D eigenvalue weighted by molar-refractivity contribution is 0.140. The molecule has 1 atom stereocenters. The zero-order valence-electron chi connectivity index (χ0n) is 12.7. The highest BCUT2D eigenvalue weighted by atomic mass is 35.5. The van der Waals surface area contributed by atoms with Crippen molar-refractivity contribution < 1.29 is 14.6 Å². The Morgan fingerprint density at radius 1 is 1.05 bits per heavy atom. The van der Waals surface area contributed by atoms with Gasteiger partial charge in [-0.15, -0.1) is 0 Å². The zero-order valence-corrected chi connectivity index (χ0v) is 13.4. The summed E-state index contributed by atoms with van der Waals surface area (Å²) in [6.07, 6.45) is -0.793. The van der Waals surface area contributed by atoms with Crippen LogP contribution in [0.4, 0.5) is 0 Å². The molecule has 1 N–H and O–H groups in total. The second-order valence-electron chi connectivity index (χ2n) is 6.37. The number of halogens is 1. The quantitative estimate of drug-likeness (QED) is 0.901. The number of fused-ring (bicyclic) bond motifs is 1. The van der Waals surface area contributed by atoms with E-state index in [1.807, 2.05) is 36.4 Å². The Hall–Kier alpha value is -1.71. The van der Waals surface area contributed by atoms with E-state index in [4.69, 9.17) is 21.1 Å². The first-order valence-corrected chi connectivity index (χ1v) is 7.66. The number of rotatable bonds is 2. The van der Waals surface area contributed by atoms with E-state index >= 15 is 0 Å². The van der Waals surface area contributed by atoms with Gasteiger partial charge in [-0.05, 0) is 23.8 Å². The van der Waals surface area contributed by atoms with Crippen molar-refractivity contribution >= 4 is 11.6 Å². The Kier molecular flexibility index (Phi) is 4.02. The summed E-state index contributed by atoms with van der Waals surface area (Å²) in [5.41, 5.74) is 1.37. The summed E-state index contributed by atoms with van der Waals surface area (Å²) in [7, 11) is 0. The summed E-state index contributed by atoms with van der Waals surface area (Å²) in [5, 5.41) is 11.1. The van der Waals surface area contributed by atoms with E-state index < -0.39 is 6.10 Å². The lowest BCUT2D eigenvalue weighted by Crippen LogP contribution is -2.26. The van der Waals surface area contributed by atoms with Crippen LogP contribution in [0.15, 0.2) is 42.5 Å². The highest BCUT2D eigenvalue weighted by Gasteiger charge is 2.26. The van der Waals surface area contributed by atoms with Crippen LogP contribution in [-0.2, 0) is 0 Å². The lowest BCUT2D eigenvalue weighted by Gasteiger charge is -2.19. The number of hydrogen-bond acceptors (Lipinski definition) is 3. The number of ether oxygens (including phenoxy) is 2. The van der Waals surface area contributed by atoms with Crippen molar-refractivity contribution in [2.45, 2.75) is 20.0 Å². The van der Waals surface area contributed by atoms with E-state index in [1.165, 1.54) is 0 Å². The van der Waals surface area contributed by atoms with Gasteiger partial charge in [-0.2, -0.15) is 0 Å². The van der Waals surface area contributed by atoms with Gasteiger partial charge in [-0.25, -0.2) is 0 Å². The molecule has 0 aromatic heterocycles. The van der Waals surface area contributed by atoms with Crippen LogP contribution in [0.2, 0.25) is 5.02 Å². The molecule has 1 aliphatic heterocycles. The van der Waals surface area contributed by atoms with Crippen molar-refractivity contribution in [2.24, 2.45) is 5.41 Å². The van der Waals surface area contributed by atoms with Gasteiger partial charge in [-0.3, -0.25) is 0 Å². The molecule has 1 unspecified atom stereocenters. The SMILES string of the molecule is CC1(C)COc2ccc(C(O)c3ccccc3Cl)cc2OC1. The molecular weight excluding hydrogens is 300 g/mol. The van der Waals surface area contributed by atoms with Crippen LogP contribution in [0.1, 0.15) is 31.1 Å². The molecular formula is C18H19ClO3. The van der Waals surface area contributed by atoms with Crippen molar-refractivity contribution in [3.8, 4) is 11.5 Å². The van der Waals surface area contributed by atoms with Crippen molar-refractivity contribution in [1.82, 2.24) is 0 Å². The maximum absolute atomic E-state index is 10.6. The van der Waals surface area contributed by atoms with E-state index in [-0.39, 0.29) is 5.41 Å². The Morgan fingerprint density at radius 2 is 1.73 bits per heavy atom. The summed E-state index contributed by atoms with van der Waals surface area (Å²) >= 11 is 6.16. The van der Waals surface area contributed by atoms with E-state index in [0.29, 0.717) is 35.3 Å². The minimum Gasteiger partial charge on any atom is -0.489 e. The molecule has 3 rings (SSSR count). The van der Waals surface area contributed by atoms with Crippen LogP contribution in [0.3, 0.4) is 0 Å². The average molecular weight is 319 g/mol. The van der Waals surface area contributed by atoms with Crippen LogP contribution in [0.5, 0.6) is 11.5 Å². The fourth-order valence-corrected chi connectivity index (χ4v) is 2.63. The second kappa shape index (κ2) is 5.82. The standard InChI is InChI=1S/C18H19ClO3/c1-18(2)10-21-15-8-7-12(9-16(15)22-11-18)17(20)13-5-3-4-6-14(13)19/h3-9,17,20H,10-11H2,1-2H3. The van der Waals surface area contributed by atoms with Gasteiger partial charge in [0.25, 0.3) is 0 Å². The second-order valence-corrected chi connectivity index (χ2v) is 6.78. The van der Waals surface area contributed by atoms with Gasteiger partial charge in [0.1, 0.15) is 6.10 Å². The third-order valence-electron chi connectivity index (χ3n) is 3.72. The van der Waals surface area contributed by atoms with Crippen molar-refractivity contribution in [3.05, 3.63) is 58.6 Å². The fourth-order valence-electron chi connectivity index (χ4n) is 2.39. The van der Waals surface area contributed by atoms with Gasteiger partial charge in [0.2, 0.25) is 0 Å². The maximum Gasteiger partial charge on any atom is 0.161 e. The van der Waals surface area contributed by atoms with Gasteiger partial charge in [0.05, 0.1) is 13.2 Å². The van der Waals surface area contributed by atoms with Crippen LogP contribution in [-0.4, -0.2) is 18.3 Å². The predicted molar refractivity (Wildman–Crippen MR) is 86.7 cm³/mol. The molecule has 0 bridgehead atoms. The number of benzene rings is 2. The summed E-state index contributed by atoms with van der Waals surface area (Å²) in [5.74, 6) is 1.37. The zero-order chi connectivity index (χ0) is 15.7. The minimum absolute atomic E-state index is 0.0411. The lowest BCUT2D eigenvalue weighted by atomic mass is 9.97. The third kappa shape index (κ3) is 3.06. The molecule has 0 fully saturated rings. The summed E-state index contributed by atoms with van der Waals surface area (Å²) < 4.78 is 11.6. The summed E-state index contributed by atoms with van der Waals surface area (Å²) in [6, 6.07) is 12.8. The van der Waals surface area contributed by atoms with Gasteiger partial charge < -0.3 is 14.6 Å². The molecule has 2 aromatic carbocycles. The van der Waals surface area contributed by atoms with Crippen LogP contribution in [0, 0.1) is 5.41 Å². The topological polar surface area (TPSA) is 38.7 Å². The normalized spacial score (nSPS) is 17.6. The molecule has 0 aliphatic carbocycles. The number of aliphatic hydroxyl groups excluding tert-OH is 1. The molecule has 0 spiro atoms. The Bertz CT molecular complexity index is 682. The highest BCUT2D eigenvalue weighted by molar-refractivity contribution is 6.31. The van der Waals surface area contributed by atoms with Crippen LogP contribution < -0.4 is 9.47 Å². The summed E-state index contributed by atoms with van der Waals surface area (Å²) in [6.45, 7) is 5.37. The molecule has 2 aromatic rings. The van der Waals surface area contributed by atoms with Gasteiger partial charge in [0, 0.05) is 16.0 Å². The fraction of sp³-hybridized carbons (Fsp3) is 0.333. The van der Waals surface area contributed by atoms with Crippen LogP contribution >= 0.6 is 11.6 Å². The molecule has 22 heavy (non-hydrogen) atoms. The van der Waals surface area contributed by atoms with Gasteiger partial charge >= 0.3 is 0 Å². The smallest absolute Gasteiger partial charge is 0.161 e. The van der Waals surface area contributed by atoms with E-state index in [0.717, 1.165) is 5.56 Å². The first kappa shape index (κ1) is 15.2. The largest absolute Gasteiger partial charge is 0.489 e. The molecule has 0 amide bonds. The first-order valence-electron chi connectivity index (χ1n) is 7.28. The Morgan fingerprint density at radius 3 is 2.45 bits per heavy atom. The number of hydrogen-bond donors (Lipinski definition) is 1. The van der Waals surface area contributed by atoms with Crippen LogP contribution in [0.25, 0.3) is 0 Å². The molecule has 3 nitrogen and oxygen atoms in total. The molecule has 4 heteroatoms. The molecule has 0 saturated heterocycles. The van der Waals surface area contributed by atoms with Crippen molar-refractivity contribution in [1.29, 1.82) is 0 Å². The molecule has 116 valence electrons. The molecule has 1 aliphatic rings. The Labute approximate surface area is 135 Å². The molecule has 1 heterocycles. The molecule has 0 radical (unpaired) electrons. The first-order chi connectivity index (χ1) is 10.5. The van der Waals surface area contributed by atoms with Crippen molar-refractivity contribution in [3.63, 3.8) is 0 Å². The highest BCUT2D eigenvalue weighted by Crippen LogP contribution is 2.37. The van der Waals surface area contributed by atoms with E-state index in [1.54, 1.807) is 6.07 Å². The summed E-state index contributed by atoms with van der Waals surface area (Å²) in [4.78, 5) is 0. The Balaban J connectivity index is 1.91. The third-order valence-corrected chi connectivity index (χ3v) is 4.06. The molecule has 0 saturated carbocycles.